The van der Waals surface area contributed by atoms with Crippen LogP contribution < -0.4 is 9.62 Å². The molecule has 1 atom stereocenters. The molecule has 0 saturated carbocycles. The number of sulfonamides is 1. The Morgan fingerprint density at radius 2 is 1.60 bits per heavy atom. The lowest BCUT2D eigenvalue weighted by Gasteiger charge is -2.35. The summed E-state index contributed by atoms with van der Waals surface area (Å²) in [4.78, 5) is 28.9. The number of benzene rings is 3. The van der Waals surface area contributed by atoms with Gasteiger partial charge >= 0.3 is 0 Å². The van der Waals surface area contributed by atoms with Crippen LogP contribution in [0.2, 0.25) is 10.0 Å². The first-order chi connectivity index (χ1) is 18.7. The fourth-order valence-electron chi connectivity index (χ4n) is 4.09. The first kappa shape index (κ1) is 31.4. The summed E-state index contributed by atoms with van der Waals surface area (Å²) in [7, 11) is -4.03. The van der Waals surface area contributed by atoms with Gasteiger partial charge in [-0.05, 0) is 50.6 Å². The molecule has 40 heavy (non-hydrogen) atoms. The highest BCUT2D eigenvalue weighted by Gasteiger charge is 2.35. The van der Waals surface area contributed by atoms with Gasteiger partial charge in [0.15, 0.2) is 0 Å². The summed E-state index contributed by atoms with van der Waals surface area (Å²) in [5, 5.41) is 3.19. The van der Waals surface area contributed by atoms with Crippen LogP contribution in [-0.2, 0) is 32.6 Å². The average molecular weight is 609 g/mol. The highest BCUT2D eigenvalue weighted by Crippen LogP contribution is 2.31. The third-order valence-corrected chi connectivity index (χ3v) is 7.61. The molecule has 0 aliphatic carbocycles. The minimum atomic E-state index is -4.03. The number of rotatable bonds is 10. The smallest absolute Gasteiger partial charge is 0.244 e. The number of hydrogen-bond acceptors (Lipinski definition) is 4. The summed E-state index contributed by atoms with van der Waals surface area (Å²) in [5.41, 5.74) is 0.311. The molecule has 3 rings (SSSR count). The number of halogens is 3. The molecule has 0 spiro atoms. The van der Waals surface area contributed by atoms with E-state index in [4.69, 9.17) is 23.2 Å². The van der Waals surface area contributed by atoms with Crippen LogP contribution in [0.15, 0.2) is 72.8 Å². The fourth-order valence-corrected chi connectivity index (χ4v) is 5.38. The second-order valence-corrected chi connectivity index (χ2v) is 13.2. The lowest BCUT2D eigenvalue weighted by Crippen LogP contribution is -2.56. The molecular weight excluding hydrogens is 576 g/mol. The lowest BCUT2D eigenvalue weighted by molar-refractivity contribution is -0.140. The Labute approximate surface area is 244 Å². The van der Waals surface area contributed by atoms with Gasteiger partial charge in [-0.3, -0.25) is 13.9 Å². The zero-order valence-electron chi connectivity index (χ0n) is 22.7. The van der Waals surface area contributed by atoms with Gasteiger partial charge in [0, 0.05) is 29.1 Å². The Hall–Kier alpha value is -3.14. The van der Waals surface area contributed by atoms with Crippen molar-refractivity contribution in [3.05, 3.63) is 99.8 Å². The quantitative estimate of drug-likeness (QED) is 0.332. The lowest BCUT2D eigenvalue weighted by atomic mass is 10.0. The van der Waals surface area contributed by atoms with E-state index in [-0.39, 0.29) is 34.3 Å². The van der Waals surface area contributed by atoms with Crippen molar-refractivity contribution in [1.82, 2.24) is 10.2 Å². The summed E-state index contributed by atoms with van der Waals surface area (Å²) in [6.07, 6.45) is 1.05. The molecular formula is C29H32Cl2FN3O4S. The molecule has 0 radical (unpaired) electrons. The first-order valence-electron chi connectivity index (χ1n) is 12.5. The SMILES string of the molecule is CC(C)(C)NC(=O)[C@H](Cc1ccccc1)N(Cc1ccccc1F)C(=O)CN(c1cc(Cl)ccc1Cl)S(C)(=O)=O. The van der Waals surface area contributed by atoms with Gasteiger partial charge in [0.05, 0.1) is 17.0 Å². The van der Waals surface area contributed by atoms with Crippen LogP contribution in [0.5, 0.6) is 0 Å². The number of amides is 2. The second kappa shape index (κ2) is 13.0. The van der Waals surface area contributed by atoms with Crippen molar-refractivity contribution in [2.75, 3.05) is 17.1 Å². The third kappa shape index (κ3) is 8.68. The molecule has 0 saturated heterocycles. The van der Waals surface area contributed by atoms with Gasteiger partial charge in [-0.1, -0.05) is 71.7 Å². The van der Waals surface area contributed by atoms with Gasteiger partial charge in [-0.15, -0.1) is 0 Å². The van der Waals surface area contributed by atoms with Gasteiger partial charge in [-0.25, -0.2) is 12.8 Å². The summed E-state index contributed by atoms with van der Waals surface area (Å²) >= 11 is 12.4. The summed E-state index contributed by atoms with van der Waals surface area (Å²) in [5.74, 6) is -1.75. The molecule has 0 unspecified atom stereocenters. The van der Waals surface area contributed by atoms with Gasteiger partial charge in [0.1, 0.15) is 18.4 Å². The largest absolute Gasteiger partial charge is 0.350 e. The van der Waals surface area contributed by atoms with Crippen molar-refractivity contribution in [3.63, 3.8) is 0 Å². The molecule has 2 amide bonds. The molecule has 3 aromatic carbocycles. The zero-order chi connectivity index (χ0) is 29.7. The fraction of sp³-hybridized carbons (Fsp3) is 0.310. The van der Waals surface area contributed by atoms with E-state index in [0.29, 0.717) is 0 Å². The summed E-state index contributed by atoms with van der Waals surface area (Å²) < 4.78 is 41.4. The van der Waals surface area contributed by atoms with E-state index in [1.54, 1.807) is 26.8 Å². The van der Waals surface area contributed by atoms with Crippen LogP contribution in [0, 0.1) is 5.82 Å². The molecule has 0 aliphatic heterocycles. The maximum atomic E-state index is 14.8. The number of nitrogens with one attached hydrogen (secondary N) is 1. The Balaban J connectivity index is 2.11. The number of carbonyl (C=O) groups excluding carboxylic acids is 2. The summed E-state index contributed by atoms with van der Waals surface area (Å²) in [6.45, 7) is 4.45. The average Bonchev–Trinajstić information content (AvgIpc) is 2.86. The highest BCUT2D eigenvalue weighted by molar-refractivity contribution is 7.92. The van der Waals surface area contributed by atoms with E-state index < -0.39 is 45.8 Å². The van der Waals surface area contributed by atoms with E-state index >= 15 is 0 Å². The molecule has 7 nitrogen and oxygen atoms in total. The van der Waals surface area contributed by atoms with E-state index in [2.05, 4.69) is 5.32 Å². The topological polar surface area (TPSA) is 86.8 Å². The standard InChI is InChI=1S/C29H32Cl2FN3O4S/c1-29(2,3)33-28(37)26(16-20-10-6-5-7-11-20)34(18-21-12-8-9-13-24(21)32)27(36)19-35(40(4,38)39)25-17-22(30)14-15-23(25)31/h5-15,17,26H,16,18-19H2,1-4H3,(H,33,37)/t26-/m0/s1. The van der Waals surface area contributed by atoms with E-state index in [1.165, 1.54) is 41.3 Å². The van der Waals surface area contributed by atoms with Crippen LogP contribution in [-0.4, -0.2) is 49.5 Å². The van der Waals surface area contributed by atoms with Crippen molar-refractivity contribution >= 4 is 50.7 Å². The zero-order valence-corrected chi connectivity index (χ0v) is 25.0. The maximum absolute atomic E-state index is 14.8. The van der Waals surface area contributed by atoms with E-state index in [1.807, 2.05) is 30.3 Å². The van der Waals surface area contributed by atoms with E-state index in [0.717, 1.165) is 16.1 Å². The minimum Gasteiger partial charge on any atom is -0.350 e. The van der Waals surface area contributed by atoms with Crippen molar-refractivity contribution in [3.8, 4) is 0 Å². The number of nitrogens with zero attached hydrogens (tertiary/aromatic N) is 2. The Bertz CT molecular complexity index is 1460. The predicted molar refractivity (Wildman–Crippen MR) is 157 cm³/mol. The Morgan fingerprint density at radius 3 is 2.20 bits per heavy atom. The van der Waals surface area contributed by atoms with Crippen molar-refractivity contribution in [2.24, 2.45) is 0 Å². The number of carbonyl (C=O) groups is 2. The van der Waals surface area contributed by atoms with Crippen LogP contribution in [0.3, 0.4) is 0 Å². The van der Waals surface area contributed by atoms with Crippen molar-refractivity contribution in [1.29, 1.82) is 0 Å². The van der Waals surface area contributed by atoms with Crippen LogP contribution >= 0.6 is 23.2 Å². The summed E-state index contributed by atoms with van der Waals surface area (Å²) in [6, 6.07) is 18.2. The van der Waals surface area contributed by atoms with Gasteiger partial charge < -0.3 is 10.2 Å². The van der Waals surface area contributed by atoms with E-state index in [9.17, 15) is 22.4 Å². The second-order valence-electron chi connectivity index (χ2n) is 10.4. The monoisotopic (exact) mass is 607 g/mol. The third-order valence-electron chi connectivity index (χ3n) is 5.92. The van der Waals surface area contributed by atoms with Crippen molar-refractivity contribution in [2.45, 2.75) is 45.3 Å². The Morgan fingerprint density at radius 1 is 0.975 bits per heavy atom. The van der Waals surface area contributed by atoms with Crippen molar-refractivity contribution < 1.29 is 22.4 Å². The molecule has 0 aromatic heterocycles. The number of hydrogen-bond donors (Lipinski definition) is 1. The highest BCUT2D eigenvalue weighted by atomic mass is 35.5. The first-order valence-corrected chi connectivity index (χ1v) is 15.1. The van der Waals surface area contributed by atoms with Crippen LogP contribution in [0.4, 0.5) is 10.1 Å². The van der Waals surface area contributed by atoms with Crippen LogP contribution in [0.25, 0.3) is 0 Å². The minimum absolute atomic E-state index is 0.00890. The molecule has 11 heteroatoms. The Kier molecular flexibility index (Phi) is 10.2. The molecule has 0 bridgehead atoms. The number of anilines is 1. The maximum Gasteiger partial charge on any atom is 0.244 e. The molecule has 0 heterocycles. The normalized spacial score (nSPS) is 12.5. The molecule has 1 N–H and O–H groups in total. The van der Waals surface area contributed by atoms with Gasteiger partial charge in [0.25, 0.3) is 0 Å². The molecule has 214 valence electrons. The van der Waals surface area contributed by atoms with Gasteiger partial charge in [0.2, 0.25) is 21.8 Å². The molecule has 0 fully saturated rings. The predicted octanol–water partition coefficient (Wildman–Crippen LogP) is 5.45. The van der Waals surface area contributed by atoms with Gasteiger partial charge in [-0.2, -0.15) is 0 Å². The van der Waals surface area contributed by atoms with Crippen LogP contribution in [0.1, 0.15) is 31.9 Å². The molecule has 0 aliphatic rings. The molecule has 3 aromatic rings.